The zero-order chi connectivity index (χ0) is 26.0. The van der Waals surface area contributed by atoms with Gasteiger partial charge in [0.1, 0.15) is 73.2 Å². The predicted molar refractivity (Wildman–Crippen MR) is 106 cm³/mol. The third-order valence-corrected chi connectivity index (χ3v) is 6.31. The van der Waals surface area contributed by atoms with Crippen molar-refractivity contribution in [1.29, 1.82) is 0 Å². The van der Waals surface area contributed by atoms with Crippen LogP contribution in [0.3, 0.4) is 0 Å². The summed E-state index contributed by atoms with van der Waals surface area (Å²) < 4.78 is 32.5. The van der Waals surface area contributed by atoms with Gasteiger partial charge in [-0.2, -0.15) is 0 Å². The van der Waals surface area contributed by atoms with Gasteiger partial charge in [-0.15, -0.1) is 0 Å². The molecule has 3 fully saturated rings. The van der Waals surface area contributed by atoms with Crippen molar-refractivity contribution in [1.82, 2.24) is 0 Å². The van der Waals surface area contributed by atoms with Gasteiger partial charge in [-0.1, -0.05) is 0 Å². The van der Waals surface area contributed by atoms with Crippen LogP contribution in [0.1, 0.15) is 0 Å². The van der Waals surface area contributed by atoms with E-state index in [2.05, 4.69) is 0 Å². The van der Waals surface area contributed by atoms with Crippen molar-refractivity contribution in [2.45, 2.75) is 92.1 Å². The first kappa shape index (κ1) is 28.9. The molecular formula is C19H34O16. The highest BCUT2D eigenvalue weighted by molar-refractivity contribution is 4.96. The molecule has 3 aliphatic rings. The maximum absolute atomic E-state index is 10.8. The number of hydrogen-bond acceptors (Lipinski definition) is 16. The Balaban J connectivity index is 1.86. The van der Waals surface area contributed by atoms with Crippen LogP contribution in [0.4, 0.5) is 0 Å². The van der Waals surface area contributed by atoms with Gasteiger partial charge in [-0.05, 0) is 0 Å². The molecule has 0 spiro atoms. The minimum absolute atomic E-state index is 0.733. The number of hydrogen-bond donors (Lipinski definition) is 10. The van der Waals surface area contributed by atoms with Crippen LogP contribution in [0.15, 0.2) is 0 Å². The van der Waals surface area contributed by atoms with Gasteiger partial charge in [0.15, 0.2) is 18.9 Å². The van der Waals surface area contributed by atoms with Crippen molar-refractivity contribution in [3.8, 4) is 0 Å². The average molecular weight is 518 g/mol. The maximum atomic E-state index is 10.8. The summed E-state index contributed by atoms with van der Waals surface area (Å²) >= 11 is 0. The molecule has 0 aromatic carbocycles. The minimum Gasteiger partial charge on any atom is -0.394 e. The first-order valence-corrected chi connectivity index (χ1v) is 11.0. The molecule has 0 aliphatic carbocycles. The second-order valence-corrected chi connectivity index (χ2v) is 8.55. The maximum Gasteiger partial charge on any atom is 0.187 e. The lowest BCUT2D eigenvalue weighted by Crippen LogP contribution is -2.67. The lowest BCUT2D eigenvalue weighted by Gasteiger charge is -2.48. The molecule has 3 heterocycles. The second-order valence-electron chi connectivity index (χ2n) is 8.55. The van der Waals surface area contributed by atoms with E-state index in [4.69, 9.17) is 28.4 Å². The number of rotatable bonds is 8. The summed E-state index contributed by atoms with van der Waals surface area (Å²) in [6.07, 6.45) is -24.1. The molecule has 206 valence electrons. The fourth-order valence-corrected chi connectivity index (χ4v) is 4.23. The van der Waals surface area contributed by atoms with Gasteiger partial charge in [-0.3, -0.25) is 0 Å². The van der Waals surface area contributed by atoms with Crippen LogP contribution in [0, 0.1) is 0 Å². The zero-order valence-corrected chi connectivity index (χ0v) is 18.7. The molecular weight excluding hydrogens is 484 g/mol. The Morgan fingerprint density at radius 3 is 1.29 bits per heavy atom. The lowest BCUT2D eigenvalue weighted by molar-refractivity contribution is -0.385. The highest BCUT2D eigenvalue weighted by Crippen LogP contribution is 2.33. The fraction of sp³-hybridized carbons (Fsp3) is 1.00. The van der Waals surface area contributed by atoms with Crippen molar-refractivity contribution in [2.75, 3.05) is 26.9 Å². The Labute approximate surface area is 199 Å². The summed E-state index contributed by atoms with van der Waals surface area (Å²) in [5.74, 6) is 0. The molecule has 0 amide bonds. The van der Waals surface area contributed by atoms with E-state index >= 15 is 0 Å². The van der Waals surface area contributed by atoms with E-state index in [1.807, 2.05) is 0 Å². The van der Waals surface area contributed by atoms with Gasteiger partial charge in [0.2, 0.25) is 0 Å². The molecule has 0 bridgehead atoms. The highest BCUT2D eigenvalue weighted by atomic mass is 16.8. The van der Waals surface area contributed by atoms with Crippen molar-refractivity contribution in [3.63, 3.8) is 0 Å². The summed E-state index contributed by atoms with van der Waals surface area (Å²) in [5.41, 5.74) is 0. The smallest absolute Gasteiger partial charge is 0.187 e. The number of methoxy groups -OCH3 is 1. The molecule has 35 heavy (non-hydrogen) atoms. The fourth-order valence-electron chi connectivity index (χ4n) is 4.23. The van der Waals surface area contributed by atoms with Crippen LogP contribution in [-0.4, -0.2) is 170 Å². The van der Waals surface area contributed by atoms with E-state index in [9.17, 15) is 51.1 Å². The molecule has 3 rings (SSSR count). The van der Waals surface area contributed by atoms with Crippen LogP contribution < -0.4 is 0 Å². The minimum atomic E-state index is -1.84. The standard InChI is InChI=1S/C19H34O16/c1-30-17-14(29)16(35-19-13(28)11(26)9(24)6(3-21)32-19)15(7(4-22)33-17)34-18-12(27)10(25)8(23)5(2-20)31-18/h5-29H,2-4H2,1H3/t5-,6-,7-,8-,9-,10+,11+,12-,13-,14-,15-,16-,17+,18+,19-/m1/s1. The molecule has 3 aliphatic heterocycles. The van der Waals surface area contributed by atoms with Crippen LogP contribution in [0.2, 0.25) is 0 Å². The number of aliphatic hydroxyl groups is 10. The van der Waals surface area contributed by atoms with E-state index < -0.39 is 112 Å². The molecule has 16 nitrogen and oxygen atoms in total. The largest absolute Gasteiger partial charge is 0.394 e. The predicted octanol–water partition coefficient (Wildman–Crippen LogP) is -6.92. The lowest BCUT2D eigenvalue weighted by atomic mass is 9.96. The van der Waals surface area contributed by atoms with Crippen molar-refractivity contribution in [3.05, 3.63) is 0 Å². The van der Waals surface area contributed by atoms with Crippen LogP contribution in [0.5, 0.6) is 0 Å². The molecule has 16 heteroatoms. The summed E-state index contributed by atoms with van der Waals surface area (Å²) in [5, 5.41) is 100. The zero-order valence-electron chi connectivity index (χ0n) is 18.7. The third kappa shape index (κ3) is 5.78. The van der Waals surface area contributed by atoms with Gasteiger partial charge < -0.3 is 79.5 Å². The van der Waals surface area contributed by atoms with Crippen LogP contribution in [-0.2, 0) is 28.4 Å². The molecule has 0 saturated carbocycles. The van der Waals surface area contributed by atoms with Crippen LogP contribution in [0.25, 0.3) is 0 Å². The van der Waals surface area contributed by atoms with E-state index in [1.165, 1.54) is 7.11 Å². The van der Waals surface area contributed by atoms with Crippen molar-refractivity contribution in [2.24, 2.45) is 0 Å². The van der Waals surface area contributed by atoms with Gasteiger partial charge in [0.25, 0.3) is 0 Å². The molecule has 3 saturated heterocycles. The van der Waals surface area contributed by atoms with Crippen molar-refractivity contribution >= 4 is 0 Å². The molecule has 0 unspecified atom stereocenters. The quantitative estimate of drug-likeness (QED) is 0.143. The summed E-state index contributed by atoms with van der Waals surface area (Å²) in [6.45, 7) is -2.22. The SMILES string of the molecule is CO[C@H]1O[C@H](CO)[C@@H](O[C@@H]2O[C@H](CO)[C@@H](O)[C@H](O)[C@H]2O)[C@H](O[C@H]2O[C@H](CO)[C@@H](O)[C@H](O)[C@H]2O)[C@H]1O. The number of ether oxygens (including phenoxy) is 6. The van der Waals surface area contributed by atoms with Gasteiger partial charge in [-0.25, -0.2) is 0 Å². The first-order valence-electron chi connectivity index (χ1n) is 11.0. The molecule has 0 aromatic heterocycles. The van der Waals surface area contributed by atoms with E-state index in [0.717, 1.165) is 0 Å². The Kier molecular flexibility index (Phi) is 10.1. The third-order valence-electron chi connectivity index (χ3n) is 6.31. The van der Waals surface area contributed by atoms with E-state index in [-0.39, 0.29) is 0 Å². The van der Waals surface area contributed by atoms with Gasteiger partial charge >= 0.3 is 0 Å². The molecule has 10 N–H and O–H groups in total. The van der Waals surface area contributed by atoms with Crippen molar-refractivity contribution < 1.29 is 79.5 Å². The second kappa shape index (κ2) is 12.3. The highest BCUT2D eigenvalue weighted by Gasteiger charge is 2.54. The first-order chi connectivity index (χ1) is 16.6. The Hall–Kier alpha value is -0.640. The van der Waals surface area contributed by atoms with Gasteiger partial charge in [0, 0.05) is 7.11 Å². The van der Waals surface area contributed by atoms with E-state index in [0.29, 0.717) is 0 Å². The monoisotopic (exact) mass is 518 g/mol. The molecule has 0 radical (unpaired) electrons. The topological polar surface area (TPSA) is 258 Å². The Bertz CT molecular complexity index is 652. The Morgan fingerprint density at radius 2 is 0.886 bits per heavy atom. The summed E-state index contributed by atoms with van der Waals surface area (Å²) in [4.78, 5) is 0. The number of aliphatic hydroxyl groups excluding tert-OH is 10. The molecule has 15 atom stereocenters. The van der Waals surface area contributed by atoms with Crippen LogP contribution >= 0.6 is 0 Å². The Morgan fingerprint density at radius 1 is 0.486 bits per heavy atom. The summed E-state index contributed by atoms with van der Waals surface area (Å²) in [6, 6.07) is 0. The van der Waals surface area contributed by atoms with E-state index in [1.54, 1.807) is 0 Å². The average Bonchev–Trinajstić information content (AvgIpc) is 2.86. The summed E-state index contributed by atoms with van der Waals surface area (Å²) in [7, 11) is 1.19. The normalized spacial score (nSPS) is 51.3. The van der Waals surface area contributed by atoms with Gasteiger partial charge in [0.05, 0.1) is 19.8 Å². The molecule has 0 aromatic rings.